The molecule has 2 atom stereocenters. The van der Waals surface area contributed by atoms with Crippen LogP contribution in [0, 0.1) is 5.92 Å². The molecule has 1 aromatic rings. The average Bonchev–Trinajstić information content (AvgIpc) is 2.83. The van der Waals surface area contributed by atoms with Crippen molar-refractivity contribution in [3.63, 3.8) is 0 Å². The van der Waals surface area contributed by atoms with E-state index in [4.69, 9.17) is 10.5 Å². The standard InChI is InChI=1S/C15H20F2N2O2.ClH/c16-14(17)9-21-12-6-4-11(5-7-12)19-15(20)8-10-2-1-3-13(10)18;/h4-7,10,13-14H,1-3,8-9,18H2,(H,19,20);1H/t10-,13+;/m0./s1. The summed E-state index contributed by atoms with van der Waals surface area (Å²) in [7, 11) is 0. The molecule has 3 N–H and O–H groups in total. The Morgan fingerprint density at radius 3 is 2.55 bits per heavy atom. The largest absolute Gasteiger partial charge is 0.488 e. The Hall–Kier alpha value is -1.40. The quantitative estimate of drug-likeness (QED) is 0.839. The molecule has 1 aromatic carbocycles. The van der Waals surface area contributed by atoms with Gasteiger partial charge in [-0.05, 0) is 43.0 Å². The predicted molar refractivity (Wildman–Crippen MR) is 83.8 cm³/mol. The normalized spacial score (nSPS) is 20.5. The molecule has 0 aliphatic heterocycles. The van der Waals surface area contributed by atoms with Gasteiger partial charge in [-0.1, -0.05) is 6.42 Å². The minimum atomic E-state index is -2.50. The number of nitrogens with two attached hydrogens (primary N) is 1. The second-order valence-electron chi connectivity index (χ2n) is 5.33. The highest BCUT2D eigenvalue weighted by Gasteiger charge is 2.25. The Balaban J connectivity index is 0.00000242. The van der Waals surface area contributed by atoms with Crippen LogP contribution in [-0.4, -0.2) is 25.0 Å². The van der Waals surface area contributed by atoms with Crippen LogP contribution in [0.15, 0.2) is 24.3 Å². The average molecular weight is 335 g/mol. The molecule has 2 rings (SSSR count). The van der Waals surface area contributed by atoms with E-state index >= 15 is 0 Å². The lowest BCUT2D eigenvalue weighted by molar-refractivity contribution is -0.117. The second-order valence-corrected chi connectivity index (χ2v) is 5.33. The lowest BCUT2D eigenvalue weighted by atomic mass is 10.00. The smallest absolute Gasteiger partial charge is 0.272 e. The van der Waals surface area contributed by atoms with E-state index in [1.54, 1.807) is 24.3 Å². The number of amides is 1. The van der Waals surface area contributed by atoms with Gasteiger partial charge in [-0.3, -0.25) is 4.79 Å². The van der Waals surface area contributed by atoms with E-state index in [9.17, 15) is 13.6 Å². The number of rotatable bonds is 6. The van der Waals surface area contributed by atoms with Crippen molar-refractivity contribution in [3.8, 4) is 5.75 Å². The Labute approximate surface area is 134 Å². The molecule has 124 valence electrons. The zero-order chi connectivity index (χ0) is 15.2. The minimum absolute atomic E-state index is 0. The molecule has 1 amide bonds. The Bertz CT molecular complexity index is 471. The van der Waals surface area contributed by atoms with Crippen LogP contribution in [-0.2, 0) is 4.79 Å². The van der Waals surface area contributed by atoms with E-state index in [1.165, 1.54) is 0 Å². The van der Waals surface area contributed by atoms with E-state index in [0.717, 1.165) is 19.3 Å². The van der Waals surface area contributed by atoms with E-state index in [1.807, 2.05) is 0 Å². The first-order valence-electron chi connectivity index (χ1n) is 7.11. The number of ether oxygens (including phenoxy) is 1. The number of anilines is 1. The zero-order valence-corrected chi connectivity index (χ0v) is 13.0. The van der Waals surface area contributed by atoms with Crippen molar-refractivity contribution in [2.45, 2.75) is 38.2 Å². The number of carbonyl (C=O) groups excluding carboxylic acids is 1. The van der Waals surface area contributed by atoms with Crippen LogP contribution in [0.5, 0.6) is 5.75 Å². The summed E-state index contributed by atoms with van der Waals surface area (Å²) in [4.78, 5) is 11.9. The van der Waals surface area contributed by atoms with Crippen molar-refractivity contribution in [2.24, 2.45) is 11.7 Å². The molecule has 0 unspecified atom stereocenters. The summed E-state index contributed by atoms with van der Waals surface area (Å²) in [5.41, 5.74) is 6.56. The van der Waals surface area contributed by atoms with Gasteiger partial charge in [0, 0.05) is 18.2 Å². The first kappa shape index (κ1) is 18.6. The number of hydrogen-bond donors (Lipinski definition) is 2. The number of hydrogen-bond acceptors (Lipinski definition) is 3. The molecule has 1 saturated carbocycles. The molecule has 0 radical (unpaired) electrons. The number of alkyl halides is 2. The number of nitrogens with one attached hydrogen (secondary N) is 1. The number of benzene rings is 1. The molecule has 7 heteroatoms. The summed E-state index contributed by atoms with van der Waals surface area (Å²) in [6.45, 7) is -0.634. The topological polar surface area (TPSA) is 64.4 Å². The van der Waals surface area contributed by atoms with Crippen LogP contribution in [0.4, 0.5) is 14.5 Å². The van der Waals surface area contributed by atoms with Gasteiger partial charge >= 0.3 is 0 Å². The fourth-order valence-corrected chi connectivity index (χ4v) is 2.56. The van der Waals surface area contributed by atoms with Crippen LogP contribution in [0.25, 0.3) is 0 Å². The third kappa shape index (κ3) is 5.77. The van der Waals surface area contributed by atoms with Gasteiger partial charge < -0.3 is 15.8 Å². The summed E-state index contributed by atoms with van der Waals surface area (Å²) >= 11 is 0. The lowest BCUT2D eigenvalue weighted by Crippen LogP contribution is -2.28. The molecule has 1 aliphatic rings. The van der Waals surface area contributed by atoms with Crippen LogP contribution in [0.1, 0.15) is 25.7 Å². The van der Waals surface area contributed by atoms with Crippen molar-refractivity contribution in [1.82, 2.24) is 0 Å². The Morgan fingerprint density at radius 1 is 1.32 bits per heavy atom. The van der Waals surface area contributed by atoms with Crippen LogP contribution < -0.4 is 15.8 Å². The molecular formula is C15H21ClF2N2O2. The van der Waals surface area contributed by atoms with E-state index in [-0.39, 0.29) is 30.3 Å². The van der Waals surface area contributed by atoms with Crippen molar-refractivity contribution in [3.05, 3.63) is 24.3 Å². The molecular weight excluding hydrogens is 314 g/mol. The van der Waals surface area contributed by atoms with Gasteiger partial charge in [-0.15, -0.1) is 12.4 Å². The fraction of sp³-hybridized carbons (Fsp3) is 0.533. The summed E-state index contributed by atoms with van der Waals surface area (Å²) in [5.74, 6) is 0.531. The second kappa shape index (κ2) is 8.90. The van der Waals surface area contributed by atoms with Gasteiger partial charge in [-0.2, -0.15) is 0 Å². The SMILES string of the molecule is Cl.N[C@@H]1CCC[C@H]1CC(=O)Nc1ccc(OCC(F)F)cc1. The van der Waals surface area contributed by atoms with Crippen LogP contribution in [0.2, 0.25) is 0 Å². The first-order chi connectivity index (χ1) is 10.0. The van der Waals surface area contributed by atoms with Crippen LogP contribution in [0.3, 0.4) is 0 Å². The van der Waals surface area contributed by atoms with E-state index < -0.39 is 13.0 Å². The molecule has 0 heterocycles. The molecule has 1 aliphatic carbocycles. The maximum Gasteiger partial charge on any atom is 0.272 e. The summed E-state index contributed by atoms with van der Waals surface area (Å²) in [6.07, 6.45) is 0.975. The zero-order valence-electron chi connectivity index (χ0n) is 12.1. The van der Waals surface area contributed by atoms with Crippen LogP contribution >= 0.6 is 12.4 Å². The Kier molecular flexibility index (Phi) is 7.55. The maximum absolute atomic E-state index is 12.0. The van der Waals surface area contributed by atoms with E-state index in [2.05, 4.69) is 5.32 Å². The van der Waals surface area contributed by atoms with E-state index in [0.29, 0.717) is 17.9 Å². The molecule has 0 saturated heterocycles. The van der Waals surface area contributed by atoms with Crippen molar-refractivity contribution < 1.29 is 18.3 Å². The predicted octanol–water partition coefficient (Wildman–Crippen LogP) is 3.21. The van der Waals surface area contributed by atoms with Gasteiger partial charge in [0.05, 0.1) is 0 Å². The molecule has 22 heavy (non-hydrogen) atoms. The monoisotopic (exact) mass is 334 g/mol. The molecule has 1 fully saturated rings. The number of halogens is 3. The van der Waals surface area contributed by atoms with Gasteiger partial charge in [0.15, 0.2) is 0 Å². The van der Waals surface area contributed by atoms with Gasteiger partial charge in [-0.25, -0.2) is 8.78 Å². The highest BCUT2D eigenvalue weighted by molar-refractivity contribution is 5.90. The summed E-state index contributed by atoms with van der Waals surface area (Å²) in [6, 6.07) is 6.49. The Morgan fingerprint density at radius 2 is 2.00 bits per heavy atom. The highest BCUT2D eigenvalue weighted by atomic mass is 35.5. The first-order valence-corrected chi connectivity index (χ1v) is 7.11. The molecule has 0 bridgehead atoms. The summed E-state index contributed by atoms with van der Waals surface area (Å²) < 4.78 is 28.9. The lowest BCUT2D eigenvalue weighted by Gasteiger charge is -2.15. The van der Waals surface area contributed by atoms with Gasteiger partial charge in [0.25, 0.3) is 6.43 Å². The molecule has 0 aromatic heterocycles. The maximum atomic E-state index is 12.0. The van der Waals surface area contributed by atoms with Gasteiger partial charge in [0.2, 0.25) is 5.91 Å². The fourth-order valence-electron chi connectivity index (χ4n) is 2.56. The third-order valence-electron chi connectivity index (χ3n) is 3.68. The number of carbonyl (C=O) groups is 1. The summed E-state index contributed by atoms with van der Waals surface area (Å²) in [5, 5.41) is 2.78. The molecule has 4 nitrogen and oxygen atoms in total. The van der Waals surface area contributed by atoms with Crippen molar-refractivity contribution >= 4 is 24.0 Å². The minimum Gasteiger partial charge on any atom is -0.488 e. The third-order valence-corrected chi connectivity index (χ3v) is 3.68. The highest BCUT2D eigenvalue weighted by Crippen LogP contribution is 2.27. The molecule has 0 spiro atoms. The van der Waals surface area contributed by atoms with Crippen molar-refractivity contribution in [2.75, 3.05) is 11.9 Å². The van der Waals surface area contributed by atoms with Crippen molar-refractivity contribution in [1.29, 1.82) is 0 Å². The van der Waals surface area contributed by atoms with Gasteiger partial charge in [0.1, 0.15) is 12.4 Å².